The number of carbonyl (C=O) groups is 3. The average molecular weight is 554 g/mol. The van der Waals surface area contributed by atoms with Gasteiger partial charge < -0.3 is 15.0 Å². The van der Waals surface area contributed by atoms with Crippen molar-refractivity contribution >= 4 is 17.8 Å². The molecule has 0 bridgehead atoms. The number of methoxy groups -OCH3 is 1. The number of nitrogens with zero attached hydrogens (tertiary/aromatic N) is 2. The first-order valence-corrected chi connectivity index (χ1v) is 14.6. The number of carbonyl (C=O) groups excluding carboxylic acids is 3. The number of esters is 1. The van der Waals surface area contributed by atoms with Gasteiger partial charge in [0.15, 0.2) is 0 Å². The van der Waals surface area contributed by atoms with Gasteiger partial charge in [0, 0.05) is 32.7 Å². The minimum atomic E-state index is -0.800. The number of hydrogen-bond acceptors (Lipinski definition) is 5. The quantitative estimate of drug-likeness (QED) is 0.285. The number of amides is 2. The van der Waals surface area contributed by atoms with E-state index in [-0.39, 0.29) is 30.7 Å². The normalized spacial score (nSPS) is 15.6. The van der Waals surface area contributed by atoms with E-state index < -0.39 is 5.41 Å². The maximum absolute atomic E-state index is 14.0. The van der Waals surface area contributed by atoms with Crippen LogP contribution in [-0.4, -0.2) is 74.0 Å². The maximum Gasteiger partial charge on any atom is 0.307 e. The summed E-state index contributed by atoms with van der Waals surface area (Å²) >= 11 is 0. The molecule has 1 aliphatic carbocycles. The number of benzene rings is 3. The SMILES string of the molecule is COC(=O)CCNC(=O)C1(CCCCN2CCN(C(=O)Cc3ccccc3)CC2)c2ccccc2-c2ccccc21. The molecule has 3 aromatic carbocycles. The summed E-state index contributed by atoms with van der Waals surface area (Å²) in [6.07, 6.45) is 3.11. The van der Waals surface area contributed by atoms with E-state index in [9.17, 15) is 14.4 Å². The number of unbranched alkanes of at least 4 members (excludes halogenated alkanes) is 1. The van der Waals surface area contributed by atoms with Crippen molar-refractivity contribution in [3.05, 3.63) is 95.6 Å². The van der Waals surface area contributed by atoms with Crippen LogP contribution in [0.2, 0.25) is 0 Å². The predicted octanol–water partition coefficient (Wildman–Crippen LogP) is 4.19. The van der Waals surface area contributed by atoms with Crippen LogP contribution >= 0.6 is 0 Å². The summed E-state index contributed by atoms with van der Waals surface area (Å²) in [7, 11) is 1.36. The highest BCUT2D eigenvalue weighted by molar-refractivity contribution is 6.00. The number of hydrogen-bond donors (Lipinski definition) is 1. The lowest BCUT2D eigenvalue weighted by Gasteiger charge is -2.35. The van der Waals surface area contributed by atoms with Crippen LogP contribution in [0.1, 0.15) is 42.4 Å². The number of ether oxygens (including phenoxy) is 1. The van der Waals surface area contributed by atoms with E-state index >= 15 is 0 Å². The zero-order chi connectivity index (χ0) is 28.7. The van der Waals surface area contributed by atoms with Gasteiger partial charge in [-0.25, -0.2) is 0 Å². The van der Waals surface area contributed by atoms with Gasteiger partial charge in [-0.2, -0.15) is 0 Å². The molecule has 1 N–H and O–H groups in total. The van der Waals surface area contributed by atoms with Gasteiger partial charge in [-0.05, 0) is 47.2 Å². The lowest BCUT2D eigenvalue weighted by molar-refractivity contribution is -0.140. The van der Waals surface area contributed by atoms with Crippen molar-refractivity contribution in [1.29, 1.82) is 0 Å². The fourth-order valence-electron chi connectivity index (χ4n) is 6.31. The molecule has 7 nitrogen and oxygen atoms in total. The highest BCUT2D eigenvalue weighted by Crippen LogP contribution is 2.51. The second-order valence-electron chi connectivity index (χ2n) is 10.9. The predicted molar refractivity (Wildman–Crippen MR) is 159 cm³/mol. The summed E-state index contributed by atoms with van der Waals surface area (Å²) in [5.41, 5.74) is 4.51. The van der Waals surface area contributed by atoms with Crippen molar-refractivity contribution in [3.63, 3.8) is 0 Å². The van der Waals surface area contributed by atoms with Crippen molar-refractivity contribution in [2.75, 3.05) is 46.4 Å². The summed E-state index contributed by atoms with van der Waals surface area (Å²) in [5.74, 6) is -0.215. The van der Waals surface area contributed by atoms with Crippen LogP contribution < -0.4 is 5.32 Å². The smallest absolute Gasteiger partial charge is 0.307 e. The fourth-order valence-corrected chi connectivity index (χ4v) is 6.31. The van der Waals surface area contributed by atoms with E-state index in [0.29, 0.717) is 12.8 Å². The molecule has 2 aliphatic rings. The molecule has 0 radical (unpaired) electrons. The third kappa shape index (κ3) is 6.20. The number of fused-ring (bicyclic) bond motifs is 3. The Labute approximate surface area is 242 Å². The fraction of sp³-hybridized carbons (Fsp3) is 0.382. The van der Waals surface area contributed by atoms with Crippen LogP contribution in [-0.2, 0) is 31.0 Å². The van der Waals surface area contributed by atoms with Crippen molar-refractivity contribution in [3.8, 4) is 11.1 Å². The van der Waals surface area contributed by atoms with Crippen molar-refractivity contribution in [1.82, 2.24) is 15.1 Å². The topological polar surface area (TPSA) is 79.0 Å². The third-order valence-corrected chi connectivity index (χ3v) is 8.49. The summed E-state index contributed by atoms with van der Waals surface area (Å²) in [5, 5.41) is 3.05. The zero-order valence-electron chi connectivity index (χ0n) is 23.8. The van der Waals surface area contributed by atoms with Crippen LogP contribution in [0.5, 0.6) is 0 Å². The second-order valence-corrected chi connectivity index (χ2v) is 10.9. The molecule has 0 saturated carbocycles. The first-order valence-electron chi connectivity index (χ1n) is 14.6. The minimum Gasteiger partial charge on any atom is -0.469 e. The summed E-state index contributed by atoms with van der Waals surface area (Å²) in [6, 6.07) is 26.3. The van der Waals surface area contributed by atoms with Gasteiger partial charge in [0.05, 0.1) is 20.0 Å². The molecule has 0 atom stereocenters. The van der Waals surface area contributed by atoms with Gasteiger partial charge in [0.25, 0.3) is 0 Å². The van der Waals surface area contributed by atoms with Crippen molar-refractivity contribution < 1.29 is 19.1 Å². The second kappa shape index (κ2) is 13.1. The van der Waals surface area contributed by atoms with Gasteiger partial charge in [0.1, 0.15) is 5.41 Å². The largest absolute Gasteiger partial charge is 0.469 e. The molecule has 0 spiro atoms. The van der Waals surface area contributed by atoms with Gasteiger partial charge in [-0.1, -0.05) is 85.3 Å². The molecule has 41 heavy (non-hydrogen) atoms. The summed E-state index contributed by atoms with van der Waals surface area (Å²) < 4.78 is 4.76. The first kappa shape index (κ1) is 28.6. The van der Waals surface area contributed by atoms with Crippen LogP contribution in [0, 0.1) is 0 Å². The molecule has 2 amide bonds. The molecule has 214 valence electrons. The monoisotopic (exact) mass is 553 g/mol. The maximum atomic E-state index is 14.0. The lowest BCUT2D eigenvalue weighted by atomic mass is 9.73. The van der Waals surface area contributed by atoms with Gasteiger partial charge in [-0.15, -0.1) is 0 Å². The molecule has 1 heterocycles. The van der Waals surface area contributed by atoms with E-state index in [4.69, 9.17) is 4.74 Å². The highest BCUT2D eigenvalue weighted by Gasteiger charge is 2.48. The van der Waals surface area contributed by atoms with Crippen LogP contribution in [0.3, 0.4) is 0 Å². The highest BCUT2D eigenvalue weighted by atomic mass is 16.5. The van der Waals surface area contributed by atoms with E-state index in [1.54, 1.807) is 0 Å². The first-order chi connectivity index (χ1) is 20.0. The molecule has 0 unspecified atom stereocenters. The Bertz CT molecular complexity index is 1320. The Balaban J connectivity index is 1.21. The zero-order valence-corrected chi connectivity index (χ0v) is 23.8. The molecule has 1 saturated heterocycles. The summed E-state index contributed by atoms with van der Waals surface area (Å²) in [4.78, 5) is 42.8. The Kier molecular flexibility index (Phi) is 9.14. The van der Waals surface area contributed by atoms with Gasteiger partial charge in [0.2, 0.25) is 11.8 Å². The average Bonchev–Trinajstić information content (AvgIpc) is 3.30. The van der Waals surface area contributed by atoms with Gasteiger partial charge >= 0.3 is 5.97 Å². The third-order valence-electron chi connectivity index (χ3n) is 8.49. The molecule has 3 aromatic rings. The number of rotatable bonds is 11. The Morgan fingerprint density at radius 3 is 2.05 bits per heavy atom. The molecule has 7 heteroatoms. The molecular weight excluding hydrogens is 514 g/mol. The Hall–Kier alpha value is -3.97. The van der Waals surface area contributed by atoms with Crippen molar-refractivity contribution in [2.45, 2.75) is 37.5 Å². The Morgan fingerprint density at radius 2 is 1.41 bits per heavy atom. The van der Waals surface area contributed by atoms with E-state index in [2.05, 4.69) is 34.5 Å². The molecule has 1 aliphatic heterocycles. The van der Waals surface area contributed by atoms with Crippen molar-refractivity contribution in [2.24, 2.45) is 0 Å². The van der Waals surface area contributed by atoms with Crippen LogP contribution in [0.25, 0.3) is 11.1 Å². The molecule has 0 aromatic heterocycles. The lowest BCUT2D eigenvalue weighted by Crippen LogP contribution is -2.49. The molecule has 5 rings (SSSR count). The standard InChI is InChI=1S/C34H39N3O4/c1-41-32(39)17-19-35-33(40)34(29-15-7-5-13-27(29)28-14-6-8-16-30(28)34)18-9-10-20-36-21-23-37(24-22-36)31(38)25-26-11-3-2-4-12-26/h2-8,11-16H,9-10,17-25H2,1H3,(H,35,40). The Morgan fingerprint density at radius 1 is 0.805 bits per heavy atom. The number of piperazine rings is 1. The van der Waals surface area contributed by atoms with E-state index in [1.165, 1.54) is 7.11 Å². The van der Waals surface area contributed by atoms with E-state index in [1.807, 2.05) is 59.5 Å². The van der Waals surface area contributed by atoms with Crippen LogP contribution in [0.4, 0.5) is 0 Å². The van der Waals surface area contributed by atoms with Gasteiger partial charge in [-0.3, -0.25) is 19.3 Å². The molecular formula is C34H39N3O4. The molecule has 1 fully saturated rings. The number of nitrogens with one attached hydrogen (secondary N) is 1. The summed E-state index contributed by atoms with van der Waals surface area (Å²) in [6.45, 7) is 4.41. The minimum absolute atomic E-state index is 0.0654. The van der Waals surface area contributed by atoms with E-state index in [0.717, 1.165) is 73.4 Å². The van der Waals surface area contributed by atoms with Crippen LogP contribution in [0.15, 0.2) is 78.9 Å².